The summed E-state index contributed by atoms with van der Waals surface area (Å²) >= 11 is 3.77. The molecule has 0 fully saturated rings. The van der Waals surface area contributed by atoms with Crippen molar-refractivity contribution < 1.29 is 0 Å². The number of likely N-dealkylation sites (N-methyl/N-ethyl adjacent to an activating group) is 1. The molecule has 1 aliphatic rings. The van der Waals surface area contributed by atoms with Crippen LogP contribution in [0.15, 0.2) is 11.4 Å². The van der Waals surface area contributed by atoms with Crippen LogP contribution in [0.2, 0.25) is 0 Å². The van der Waals surface area contributed by atoms with Gasteiger partial charge in [0.15, 0.2) is 0 Å². The van der Waals surface area contributed by atoms with E-state index >= 15 is 0 Å². The summed E-state index contributed by atoms with van der Waals surface area (Å²) in [5, 5.41) is 6.81. The Balaban J connectivity index is 1.79. The Labute approximate surface area is 116 Å². The lowest BCUT2D eigenvalue weighted by Gasteiger charge is -2.12. The zero-order valence-corrected chi connectivity index (χ0v) is 12.5. The number of thiazole rings is 1. The van der Waals surface area contributed by atoms with Gasteiger partial charge in [0.1, 0.15) is 0 Å². The van der Waals surface area contributed by atoms with Gasteiger partial charge in [-0.2, -0.15) is 0 Å². The molecule has 2 aromatic rings. The summed E-state index contributed by atoms with van der Waals surface area (Å²) in [4.78, 5) is 7.66. The Hall–Kier alpha value is -0.710. The van der Waals surface area contributed by atoms with Crippen molar-refractivity contribution in [1.29, 1.82) is 0 Å². The summed E-state index contributed by atoms with van der Waals surface area (Å²) in [5.74, 6) is 0. The van der Waals surface area contributed by atoms with Gasteiger partial charge in [0.05, 0.1) is 5.01 Å². The highest BCUT2D eigenvalue weighted by molar-refractivity contribution is 7.12. The van der Waals surface area contributed by atoms with Gasteiger partial charge in [-0.25, -0.2) is 4.98 Å². The normalized spacial score (nSPS) is 15.9. The van der Waals surface area contributed by atoms with Gasteiger partial charge >= 0.3 is 0 Å². The van der Waals surface area contributed by atoms with E-state index in [-0.39, 0.29) is 0 Å². The lowest BCUT2D eigenvalue weighted by molar-refractivity contribution is 0.599. The molecule has 96 valence electrons. The third kappa shape index (κ3) is 2.37. The number of hydrogen-bond acceptors (Lipinski definition) is 4. The van der Waals surface area contributed by atoms with Crippen molar-refractivity contribution in [3.05, 3.63) is 37.5 Å². The number of aromatic nitrogens is 1. The predicted molar refractivity (Wildman–Crippen MR) is 78.7 cm³/mol. The van der Waals surface area contributed by atoms with E-state index in [2.05, 4.69) is 35.7 Å². The Morgan fingerprint density at radius 2 is 2.33 bits per heavy atom. The summed E-state index contributed by atoms with van der Waals surface area (Å²) in [5.41, 5.74) is 2.73. The minimum Gasteiger partial charge on any atom is -0.312 e. The largest absolute Gasteiger partial charge is 0.312 e. The maximum Gasteiger partial charge on any atom is 0.0947 e. The molecule has 3 rings (SSSR count). The maximum atomic E-state index is 4.57. The molecule has 2 nitrogen and oxygen atoms in total. The average Bonchev–Trinajstić information content (AvgIpc) is 3.00. The quantitative estimate of drug-likeness (QED) is 0.926. The van der Waals surface area contributed by atoms with Gasteiger partial charge < -0.3 is 5.32 Å². The Morgan fingerprint density at radius 3 is 3.00 bits per heavy atom. The van der Waals surface area contributed by atoms with Crippen LogP contribution in [0.5, 0.6) is 0 Å². The molecule has 18 heavy (non-hydrogen) atoms. The molecule has 0 bridgehead atoms. The van der Waals surface area contributed by atoms with Crippen LogP contribution in [-0.4, -0.2) is 12.0 Å². The highest BCUT2D eigenvalue weighted by Gasteiger charge is 2.20. The highest BCUT2D eigenvalue weighted by atomic mass is 32.1. The first-order valence-electron chi connectivity index (χ1n) is 6.46. The molecule has 1 N–H and O–H groups in total. The van der Waals surface area contributed by atoms with Crippen molar-refractivity contribution in [3.8, 4) is 0 Å². The van der Waals surface area contributed by atoms with Gasteiger partial charge in [-0.3, -0.25) is 0 Å². The molecule has 0 aromatic carbocycles. The van der Waals surface area contributed by atoms with Crippen LogP contribution in [0.3, 0.4) is 0 Å². The first kappa shape index (κ1) is 12.3. The summed E-state index contributed by atoms with van der Waals surface area (Å²) < 4.78 is 0. The molecular weight excluding hydrogens is 260 g/mol. The number of fused-ring (bicyclic) bond motifs is 1. The van der Waals surface area contributed by atoms with Crippen molar-refractivity contribution in [3.63, 3.8) is 0 Å². The molecule has 1 unspecified atom stereocenters. The molecule has 1 aliphatic carbocycles. The van der Waals surface area contributed by atoms with Crippen molar-refractivity contribution in [1.82, 2.24) is 10.3 Å². The molecule has 0 saturated carbocycles. The number of hydrogen-bond donors (Lipinski definition) is 1. The summed E-state index contributed by atoms with van der Waals surface area (Å²) in [6, 6.07) is 2.83. The number of nitrogens with zero attached hydrogens (tertiary/aromatic N) is 1. The van der Waals surface area contributed by atoms with Gasteiger partial charge in [0.25, 0.3) is 0 Å². The Kier molecular flexibility index (Phi) is 3.50. The first-order chi connectivity index (χ1) is 8.76. The van der Waals surface area contributed by atoms with E-state index < -0.39 is 0 Å². The molecule has 0 radical (unpaired) electrons. The molecule has 0 aliphatic heterocycles. The van der Waals surface area contributed by atoms with Gasteiger partial charge in [0.2, 0.25) is 0 Å². The van der Waals surface area contributed by atoms with E-state index in [1.165, 1.54) is 29.1 Å². The molecule has 0 saturated heterocycles. The third-order valence-electron chi connectivity index (χ3n) is 3.50. The van der Waals surface area contributed by atoms with Crippen molar-refractivity contribution in [2.75, 3.05) is 7.05 Å². The standard InChI is InChI=1S/C14H18N2S2/c1-9-8-17-14(16-9)7-11(15-2)13-6-10-4-3-5-12(10)18-13/h6,8,11,15H,3-5,7H2,1-2H3. The topological polar surface area (TPSA) is 24.9 Å². The van der Waals surface area contributed by atoms with E-state index in [1.54, 1.807) is 21.8 Å². The van der Waals surface area contributed by atoms with E-state index in [1.807, 2.05) is 11.3 Å². The Morgan fingerprint density at radius 1 is 1.44 bits per heavy atom. The van der Waals surface area contributed by atoms with Crippen LogP contribution in [0.25, 0.3) is 0 Å². The van der Waals surface area contributed by atoms with Crippen LogP contribution >= 0.6 is 22.7 Å². The fraction of sp³-hybridized carbons (Fsp3) is 0.500. The minimum atomic E-state index is 0.422. The first-order valence-corrected chi connectivity index (χ1v) is 8.15. The fourth-order valence-corrected chi connectivity index (χ4v) is 4.73. The molecule has 4 heteroatoms. The van der Waals surface area contributed by atoms with Crippen LogP contribution < -0.4 is 5.32 Å². The van der Waals surface area contributed by atoms with Gasteiger partial charge in [-0.1, -0.05) is 0 Å². The molecular formula is C14H18N2S2. The second kappa shape index (κ2) is 5.11. The van der Waals surface area contributed by atoms with Crippen molar-refractivity contribution in [2.45, 2.75) is 38.6 Å². The smallest absolute Gasteiger partial charge is 0.0947 e. The lowest BCUT2D eigenvalue weighted by Crippen LogP contribution is -2.17. The SMILES string of the molecule is CNC(Cc1nc(C)cs1)c1cc2c(s1)CCC2. The fourth-order valence-electron chi connectivity index (χ4n) is 2.54. The maximum absolute atomic E-state index is 4.57. The zero-order chi connectivity index (χ0) is 12.5. The van der Waals surface area contributed by atoms with E-state index in [0.29, 0.717) is 6.04 Å². The molecule has 2 heterocycles. The van der Waals surface area contributed by atoms with Gasteiger partial charge in [-0.05, 0) is 44.9 Å². The molecule has 0 spiro atoms. The number of aryl methyl sites for hydroxylation is 3. The zero-order valence-electron chi connectivity index (χ0n) is 10.8. The van der Waals surface area contributed by atoms with E-state index in [4.69, 9.17) is 0 Å². The molecule has 2 aromatic heterocycles. The summed E-state index contributed by atoms with van der Waals surface area (Å²) in [7, 11) is 2.05. The van der Waals surface area contributed by atoms with Crippen LogP contribution in [0.1, 0.15) is 38.5 Å². The number of thiophene rings is 1. The minimum absolute atomic E-state index is 0.422. The van der Waals surface area contributed by atoms with Crippen LogP contribution in [-0.2, 0) is 19.3 Å². The van der Waals surface area contributed by atoms with Gasteiger partial charge in [-0.15, -0.1) is 22.7 Å². The van der Waals surface area contributed by atoms with Crippen molar-refractivity contribution in [2.24, 2.45) is 0 Å². The summed E-state index contributed by atoms with van der Waals surface area (Å²) in [6.45, 7) is 2.06. The monoisotopic (exact) mass is 278 g/mol. The Bertz CT molecular complexity index is 520. The highest BCUT2D eigenvalue weighted by Crippen LogP contribution is 2.34. The number of nitrogens with one attached hydrogen (secondary N) is 1. The average molecular weight is 278 g/mol. The van der Waals surface area contributed by atoms with Crippen molar-refractivity contribution >= 4 is 22.7 Å². The van der Waals surface area contributed by atoms with Gasteiger partial charge in [0, 0.05) is 33.3 Å². The predicted octanol–water partition coefficient (Wildman–Crippen LogP) is 3.50. The second-order valence-corrected chi connectivity index (χ2v) is 6.99. The number of rotatable bonds is 4. The van der Waals surface area contributed by atoms with Crippen LogP contribution in [0, 0.1) is 6.92 Å². The third-order valence-corrected chi connectivity index (χ3v) is 5.84. The second-order valence-electron chi connectivity index (χ2n) is 4.88. The molecule has 0 amide bonds. The lowest BCUT2D eigenvalue weighted by atomic mass is 10.1. The van der Waals surface area contributed by atoms with Crippen LogP contribution in [0.4, 0.5) is 0 Å². The molecule has 1 atom stereocenters. The van der Waals surface area contributed by atoms with E-state index in [9.17, 15) is 0 Å². The summed E-state index contributed by atoms with van der Waals surface area (Å²) in [6.07, 6.45) is 4.91. The van der Waals surface area contributed by atoms with E-state index in [0.717, 1.165) is 12.1 Å².